The van der Waals surface area contributed by atoms with Gasteiger partial charge in [-0.25, -0.2) is 0 Å². The number of esters is 1. The molecule has 2 unspecified atom stereocenters. The van der Waals surface area contributed by atoms with E-state index in [9.17, 15) is 4.79 Å². The number of rotatable bonds is 8. The molecule has 0 aliphatic carbocycles. The Morgan fingerprint density at radius 1 is 1.26 bits per heavy atom. The maximum Gasteiger partial charge on any atom is 0.310 e. The monoisotopic (exact) mass is 489 g/mol. The van der Waals surface area contributed by atoms with E-state index in [1.165, 1.54) is 12.7 Å². The fourth-order valence-corrected chi connectivity index (χ4v) is 3.22. The number of halogens is 1. The van der Waals surface area contributed by atoms with Crippen molar-refractivity contribution < 1.29 is 14.3 Å². The third-order valence-corrected chi connectivity index (χ3v) is 4.74. The average Bonchev–Trinajstić information content (AvgIpc) is 3.05. The number of aliphatic imine (C=N–C) groups is 1. The number of ether oxygens (including phenoxy) is 2. The van der Waals surface area contributed by atoms with Crippen molar-refractivity contribution in [3.05, 3.63) is 35.9 Å². The molecule has 1 saturated heterocycles. The summed E-state index contributed by atoms with van der Waals surface area (Å²) in [6.07, 6.45) is 2.01. The van der Waals surface area contributed by atoms with E-state index in [1.807, 2.05) is 18.2 Å². The fraction of sp³-hybridized carbons (Fsp3) is 0.600. The molecule has 2 rings (SSSR count). The van der Waals surface area contributed by atoms with E-state index >= 15 is 0 Å². The summed E-state index contributed by atoms with van der Waals surface area (Å²) >= 11 is 0. The molecule has 0 radical (unpaired) electrons. The minimum absolute atomic E-state index is 0. The second kappa shape index (κ2) is 12.9. The summed E-state index contributed by atoms with van der Waals surface area (Å²) < 4.78 is 10.6. The maximum atomic E-state index is 11.8. The molecule has 27 heavy (non-hydrogen) atoms. The number of carbonyl (C=O) groups is 1. The molecule has 2 atom stereocenters. The molecule has 0 bridgehead atoms. The molecular formula is C20H32IN3O3. The highest BCUT2D eigenvalue weighted by Crippen LogP contribution is 2.24. The molecule has 1 fully saturated rings. The molecule has 0 spiro atoms. The number of hydrogen-bond donors (Lipinski definition) is 1. The molecule has 1 heterocycles. The zero-order chi connectivity index (χ0) is 18.8. The predicted octanol–water partition coefficient (Wildman–Crippen LogP) is 2.92. The van der Waals surface area contributed by atoms with Gasteiger partial charge in [0.15, 0.2) is 5.96 Å². The molecule has 1 aliphatic heterocycles. The standard InChI is InChI=1S/C20H31N3O3.HI/c1-16-13-23(14-18(16)19(24)25-3)20(21-2)22-11-7-8-12-26-15-17-9-5-4-6-10-17;/h4-6,9-10,16,18H,7-8,11-15H2,1-3H3,(H,21,22);1H. The first-order valence-corrected chi connectivity index (χ1v) is 9.30. The fourth-order valence-electron chi connectivity index (χ4n) is 3.22. The summed E-state index contributed by atoms with van der Waals surface area (Å²) in [5, 5.41) is 3.39. The van der Waals surface area contributed by atoms with Crippen molar-refractivity contribution >= 4 is 35.9 Å². The van der Waals surface area contributed by atoms with Crippen LogP contribution in [0.3, 0.4) is 0 Å². The lowest BCUT2D eigenvalue weighted by atomic mass is 9.99. The van der Waals surface area contributed by atoms with Crippen molar-refractivity contribution in [3.8, 4) is 0 Å². The number of nitrogens with zero attached hydrogens (tertiary/aromatic N) is 2. The SMILES string of the molecule is CN=C(NCCCCOCc1ccccc1)N1CC(C)C(C(=O)OC)C1.I. The van der Waals surface area contributed by atoms with Gasteiger partial charge in [0.25, 0.3) is 0 Å². The van der Waals surface area contributed by atoms with Crippen molar-refractivity contribution in [1.29, 1.82) is 0 Å². The van der Waals surface area contributed by atoms with Crippen LogP contribution >= 0.6 is 24.0 Å². The molecular weight excluding hydrogens is 457 g/mol. The van der Waals surface area contributed by atoms with Crippen molar-refractivity contribution in [2.45, 2.75) is 26.4 Å². The lowest BCUT2D eigenvalue weighted by Crippen LogP contribution is -2.41. The second-order valence-electron chi connectivity index (χ2n) is 6.73. The number of hydrogen-bond acceptors (Lipinski definition) is 4. The quantitative estimate of drug-likeness (QED) is 0.200. The van der Waals surface area contributed by atoms with Gasteiger partial charge >= 0.3 is 5.97 Å². The van der Waals surface area contributed by atoms with Crippen molar-refractivity contribution in [2.75, 3.05) is 40.4 Å². The summed E-state index contributed by atoms with van der Waals surface area (Å²) in [4.78, 5) is 18.3. The lowest BCUT2D eigenvalue weighted by Gasteiger charge is -2.21. The predicted molar refractivity (Wildman–Crippen MR) is 118 cm³/mol. The number of guanidine groups is 1. The van der Waals surface area contributed by atoms with Crippen LogP contribution in [0.5, 0.6) is 0 Å². The van der Waals surface area contributed by atoms with Gasteiger partial charge in [-0.1, -0.05) is 37.3 Å². The summed E-state index contributed by atoms with van der Waals surface area (Å²) in [6, 6.07) is 10.2. The maximum absolute atomic E-state index is 11.8. The van der Waals surface area contributed by atoms with Gasteiger partial charge in [-0.3, -0.25) is 9.79 Å². The molecule has 1 aromatic carbocycles. The number of unbranched alkanes of at least 4 members (excludes halogenated alkanes) is 1. The average molecular weight is 489 g/mol. The van der Waals surface area contributed by atoms with E-state index < -0.39 is 0 Å². The minimum atomic E-state index is -0.133. The van der Waals surface area contributed by atoms with Gasteiger partial charge in [-0.15, -0.1) is 24.0 Å². The largest absolute Gasteiger partial charge is 0.469 e. The van der Waals surface area contributed by atoms with E-state index in [1.54, 1.807) is 7.05 Å². The van der Waals surface area contributed by atoms with Crippen molar-refractivity contribution in [1.82, 2.24) is 10.2 Å². The molecule has 0 aromatic heterocycles. The summed E-state index contributed by atoms with van der Waals surface area (Å²) in [5.74, 6) is 0.914. The Morgan fingerprint density at radius 3 is 2.67 bits per heavy atom. The summed E-state index contributed by atoms with van der Waals surface area (Å²) in [6.45, 7) is 5.82. The highest BCUT2D eigenvalue weighted by molar-refractivity contribution is 14.0. The Morgan fingerprint density at radius 2 is 2.00 bits per heavy atom. The number of methoxy groups -OCH3 is 1. The number of likely N-dealkylation sites (tertiary alicyclic amines) is 1. The van der Waals surface area contributed by atoms with Crippen LogP contribution in [0.15, 0.2) is 35.3 Å². The Balaban J connectivity index is 0.00000364. The molecule has 6 nitrogen and oxygen atoms in total. The van der Waals surface area contributed by atoms with Gasteiger partial charge in [0.1, 0.15) is 0 Å². The van der Waals surface area contributed by atoms with Crippen LogP contribution in [0, 0.1) is 11.8 Å². The zero-order valence-electron chi connectivity index (χ0n) is 16.5. The van der Waals surface area contributed by atoms with Crippen LogP contribution in [0.1, 0.15) is 25.3 Å². The van der Waals surface area contributed by atoms with Crippen molar-refractivity contribution in [2.24, 2.45) is 16.8 Å². The molecule has 1 N–H and O–H groups in total. The highest BCUT2D eigenvalue weighted by Gasteiger charge is 2.36. The molecule has 1 aromatic rings. The number of benzene rings is 1. The highest BCUT2D eigenvalue weighted by atomic mass is 127. The molecule has 7 heteroatoms. The molecule has 0 saturated carbocycles. The van der Waals surface area contributed by atoms with Gasteiger partial charge in [0.2, 0.25) is 0 Å². The van der Waals surface area contributed by atoms with Crippen LogP contribution in [0.4, 0.5) is 0 Å². The van der Waals surface area contributed by atoms with E-state index in [4.69, 9.17) is 9.47 Å². The van der Waals surface area contributed by atoms with E-state index in [-0.39, 0.29) is 41.8 Å². The third kappa shape index (κ3) is 7.65. The number of carbonyl (C=O) groups excluding carboxylic acids is 1. The van der Waals surface area contributed by atoms with Gasteiger partial charge in [0, 0.05) is 33.3 Å². The lowest BCUT2D eigenvalue weighted by molar-refractivity contribution is -0.145. The van der Waals surface area contributed by atoms with Crippen molar-refractivity contribution in [3.63, 3.8) is 0 Å². The zero-order valence-corrected chi connectivity index (χ0v) is 18.8. The molecule has 0 amide bonds. The van der Waals surface area contributed by atoms with Gasteiger partial charge in [-0.05, 0) is 24.3 Å². The van der Waals surface area contributed by atoms with Gasteiger partial charge < -0.3 is 19.7 Å². The first-order valence-electron chi connectivity index (χ1n) is 9.30. The molecule has 1 aliphatic rings. The Bertz CT molecular complexity index is 583. The van der Waals surface area contributed by atoms with Gasteiger partial charge in [0.05, 0.1) is 19.6 Å². The molecule has 152 valence electrons. The van der Waals surface area contributed by atoms with E-state index in [0.717, 1.165) is 38.5 Å². The summed E-state index contributed by atoms with van der Waals surface area (Å²) in [5.41, 5.74) is 1.20. The van der Waals surface area contributed by atoms with Crippen LogP contribution in [-0.2, 0) is 20.9 Å². The van der Waals surface area contributed by atoms with E-state index in [0.29, 0.717) is 13.2 Å². The van der Waals surface area contributed by atoms with Gasteiger partial charge in [-0.2, -0.15) is 0 Å². The normalized spacial score (nSPS) is 19.5. The number of nitrogens with one attached hydrogen (secondary N) is 1. The third-order valence-electron chi connectivity index (χ3n) is 4.74. The topological polar surface area (TPSA) is 63.2 Å². The van der Waals surface area contributed by atoms with Crippen LogP contribution in [-0.4, -0.2) is 57.2 Å². The first kappa shape index (κ1) is 23.7. The van der Waals surface area contributed by atoms with Crippen LogP contribution in [0.2, 0.25) is 0 Å². The Kier molecular flexibility index (Phi) is 11.3. The summed E-state index contributed by atoms with van der Waals surface area (Å²) in [7, 11) is 3.23. The smallest absolute Gasteiger partial charge is 0.310 e. The Hall–Kier alpha value is -1.35. The Labute approximate surface area is 179 Å². The van der Waals surface area contributed by atoms with E-state index in [2.05, 4.69) is 34.3 Å². The minimum Gasteiger partial charge on any atom is -0.469 e. The second-order valence-corrected chi connectivity index (χ2v) is 6.73. The van der Waals surface area contributed by atoms with Crippen LogP contribution in [0.25, 0.3) is 0 Å². The van der Waals surface area contributed by atoms with Crippen LogP contribution < -0.4 is 5.32 Å². The first-order chi connectivity index (χ1) is 12.7.